The number of rotatable bonds is 38. The second kappa shape index (κ2) is 40.5. The molecule has 6 N–H and O–H groups in total. The Labute approximate surface area is 497 Å². The number of carbonyl (C=O) groups is 3. The number of aliphatic hydroxyl groups is 3. The number of para-hydroxylation sites is 2. The quantitative estimate of drug-likeness (QED) is 0.0164. The summed E-state index contributed by atoms with van der Waals surface area (Å²) in [5.41, 5.74) is 6.81. The minimum absolute atomic E-state index is 0.0260. The number of hydrogen-bond donors (Lipinski definition) is 6. The molecule has 7 rings (SSSR count). The molecule has 456 valence electrons. The van der Waals surface area contributed by atoms with Gasteiger partial charge in [0, 0.05) is 51.4 Å². The average molecular weight is 1140 g/mol. The van der Waals surface area contributed by atoms with Crippen molar-refractivity contribution in [3.8, 4) is 0 Å². The number of nitrogens with one attached hydrogen (secondary N) is 3. The molecule has 4 aromatic carbocycles. The summed E-state index contributed by atoms with van der Waals surface area (Å²) in [4.78, 5) is 57.1. The molecule has 4 amide bonds. The highest BCUT2D eigenvalue weighted by Crippen LogP contribution is 2.27. The van der Waals surface area contributed by atoms with Gasteiger partial charge < -0.3 is 36.2 Å². The van der Waals surface area contributed by atoms with E-state index in [4.69, 9.17) is 0 Å². The molecule has 3 unspecified atom stereocenters. The number of urea groups is 1. The average Bonchev–Trinajstić information content (AvgIpc) is 3.65. The number of nitrogens with zero attached hydrogens (tertiary/aromatic N) is 4. The molecule has 3 atom stereocenters. The first-order valence-electron chi connectivity index (χ1n) is 32.0. The first-order chi connectivity index (χ1) is 40.4. The molecule has 14 nitrogen and oxygen atoms in total. The zero-order valence-electron chi connectivity index (χ0n) is 50.9. The van der Waals surface area contributed by atoms with Gasteiger partial charge in [-0.1, -0.05) is 195 Å². The topological polar surface area (TPSA) is 189 Å². The summed E-state index contributed by atoms with van der Waals surface area (Å²) >= 11 is 0. The van der Waals surface area contributed by atoms with E-state index in [1.807, 2.05) is 97.6 Å². The minimum Gasteiger partial charge on any atom is -0.393 e. The number of anilines is 1. The van der Waals surface area contributed by atoms with Gasteiger partial charge in [0.05, 0.1) is 47.7 Å². The fraction of sp³-hybridized carbons (Fsp3) is 0.580. The summed E-state index contributed by atoms with van der Waals surface area (Å²) < 4.78 is 1.73. The van der Waals surface area contributed by atoms with E-state index in [1.54, 1.807) is 10.9 Å². The molecule has 0 bridgehead atoms. The van der Waals surface area contributed by atoms with Crippen molar-refractivity contribution in [3.63, 3.8) is 0 Å². The van der Waals surface area contributed by atoms with Crippen molar-refractivity contribution in [1.29, 1.82) is 0 Å². The molecule has 2 aliphatic rings. The van der Waals surface area contributed by atoms with Crippen LogP contribution in [0.15, 0.2) is 108 Å². The predicted molar refractivity (Wildman–Crippen MR) is 339 cm³/mol. The summed E-state index contributed by atoms with van der Waals surface area (Å²) in [6, 6.07) is 31.2. The van der Waals surface area contributed by atoms with Crippen LogP contribution in [0, 0.1) is 6.92 Å². The number of fused-ring (bicyclic) bond motifs is 3. The van der Waals surface area contributed by atoms with Gasteiger partial charge in [-0.3, -0.25) is 23.9 Å². The number of imide groups is 1. The van der Waals surface area contributed by atoms with E-state index in [1.165, 1.54) is 93.1 Å². The summed E-state index contributed by atoms with van der Waals surface area (Å²) in [5.74, 6) is -0.208. The zero-order chi connectivity index (χ0) is 59.3. The van der Waals surface area contributed by atoms with Crippen LogP contribution in [-0.4, -0.2) is 104 Å². The lowest BCUT2D eigenvalue weighted by Gasteiger charge is -2.30. The second-order valence-electron chi connectivity index (χ2n) is 23.2. The van der Waals surface area contributed by atoms with E-state index < -0.39 is 0 Å². The molecule has 14 heteroatoms. The molecular formula is C69H103N7O7. The van der Waals surface area contributed by atoms with Crippen LogP contribution in [0.2, 0.25) is 0 Å². The molecule has 0 radical (unpaired) electrons. The number of benzene rings is 4. The largest absolute Gasteiger partial charge is 0.393 e. The standard InChI is InChI=1S/C28H46N2O3.C22H29N3O2.C19H28N2O2/c1-2-3-4-5-10-15-20-29-23-25(31)18-12-9-7-6-8-11-16-21-30-27(32)22-24-17-13-14-19-26(24)28(30)33;1-17-8-7-11-19-16-25(22(27)24-21(17)19)13-6-5-12-20(26)15-23-14-18-9-3-2-4-10-18;1-16(22)11-7-5-3-2-4-6-10-14-21-15-20-18-13-9-8-12-17(18)19(21)23/h13-14,17,19,25,29,31H,2-12,15-16,18,20-23H2,1H3;2-4,7-11,20,23,26H,5-6,12-16H2,1H3,(H,24,27);8-9,12-13,15-16,22H,2-7,10-11,14H2,1H3. The Morgan fingerprint density at radius 2 is 1.14 bits per heavy atom. The van der Waals surface area contributed by atoms with Gasteiger partial charge in [0.25, 0.3) is 11.5 Å². The van der Waals surface area contributed by atoms with Crippen LogP contribution >= 0.6 is 0 Å². The number of aromatic nitrogens is 2. The van der Waals surface area contributed by atoms with Crippen molar-refractivity contribution in [2.24, 2.45) is 0 Å². The third-order valence-corrected chi connectivity index (χ3v) is 15.9. The number of hydrogen-bond acceptors (Lipinski definition) is 10. The Hall–Kier alpha value is -5.77. The van der Waals surface area contributed by atoms with Crippen molar-refractivity contribution < 1.29 is 29.7 Å². The van der Waals surface area contributed by atoms with Gasteiger partial charge in [0.2, 0.25) is 5.91 Å². The first kappa shape index (κ1) is 68.0. The van der Waals surface area contributed by atoms with E-state index in [0.717, 1.165) is 125 Å². The normalized spacial score (nSPS) is 14.0. The maximum atomic E-state index is 12.5. The van der Waals surface area contributed by atoms with Crippen molar-refractivity contribution in [3.05, 3.63) is 142 Å². The van der Waals surface area contributed by atoms with E-state index in [-0.39, 0.29) is 41.7 Å². The van der Waals surface area contributed by atoms with Gasteiger partial charge >= 0.3 is 6.03 Å². The van der Waals surface area contributed by atoms with Crippen LogP contribution in [0.1, 0.15) is 207 Å². The molecule has 0 aliphatic carbocycles. The minimum atomic E-state index is -0.354. The fourth-order valence-electron chi connectivity index (χ4n) is 10.9. The third kappa shape index (κ3) is 26.4. The highest BCUT2D eigenvalue weighted by Gasteiger charge is 2.30. The monoisotopic (exact) mass is 1140 g/mol. The van der Waals surface area contributed by atoms with Crippen LogP contribution in [-0.2, 0) is 30.8 Å². The van der Waals surface area contributed by atoms with Crippen LogP contribution in [0.3, 0.4) is 0 Å². The van der Waals surface area contributed by atoms with Gasteiger partial charge in [-0.15, -0.1) is 0 Å². The first-order valence-corrected chi connectivity index (χ1v) is 32.0. The van der Waals surface area contributed by atoms with Crippen LogP contribution < -0.4 is 21.5 Å². The Morgan fingerprint density at radius 3 is 1.86 bits per heavy atom. The Kier molecular flexibility index (Phi) is 33.2. The van der Waals surface area contributed by atoms with Crippen molar-refractivity contribution in [2.75, 3.05) is 38.0 Å². The summed E-state index contributed by atoms with van der Waals surface area (Å²) in [6.45, 7) is 11.9. The predicted octanol–water partition coefficient (Wildman–Crippen LogP) is 13.2. The SMILES string of the molecule is CC(O)CCCCCCCCCn1cnc2ccccc2c1=O.CCCCCCCCNCC(O)CCCCCCCCCN1C(=O)Cc2ccccc2C1=O.Cc1cccc2c1NC(=O)N(CCCCC(O)CNCc1ccccc1)C2. The summed E-state index contributed by atoms with van der Waals surface area (Å²) in [5, 5.41) is 39.8. The molecule has 0 fully saturated rings. The highest BCUT2D eigenvalue weighted by atomic mass is 16.3. The van der Waals surface area contributed by atoms with Crippen LogP contribution in [0.25, 0.3) is 10.9 Å². The van der Waals surface area contributed by atoms with Gasteiger partial charge in [-0.05, 0) is 112 Å². The third-order valence-electron chi connectivity index (χ3n) is 15.9. The van der Waals surface area contributed by atoms with Crippen molar-refractivity contribution in [2.45, 2.75) is 226 Å². The van der Waals surface area contributed by atoms with Crippen LogP contribution in [0.4, 0.5) is 10.5 Å². The Bertz CT molecular complexity index is 2660. The molecule has 83 heavy (non-hydrogen) atoms. The van der Waals surface area contributed by atoms with E-state index in [9.17, 15) is 34.5 Å². The summed E-state index contributed by atoms with van der Waals surface area (Å²) in [7, 11) is 0. The maximum Gasteiger partial charge on any atom is 0.322 e. The Balaban J connectivity index is 0.000000232. The molecule has 0 saturated carbocycles. The lowest BCUT2D eigenvalue weighted by molar-refractivity contribution is -0.128. The van der Waals surface area contributed by atoms with Gasteiger partial charge in [-0.2, -0.15) is 0 Å². The highest BCUT2D eigenvalue weighted by molar-refractivity contribution is 6.09. The molecule has 1 aromatic heterocycles. The van der Waals surface area contributed by atoms with Crippen molar-refractivity contribution >= 4 is 34.4 Å². The lowest BCUT2D eigenvalue weighted by Crippen LogP contribution is -2.42. The molecule has 2 aliphatic heterocycles. The number of carbonyl (C=O) groups excluding carboxylic acids is 3. The lowest BCUT2D eigenvalue weighted by atomic mass is 9.98. The van der Waals surface area contributed by atoms with E-state index >= 15 is 0 Å². The Morgan fingerprint density at radius 1 is 0.578 bits per heavy atom. The number of amides is 4. The van der Waals surface area contributed by atoms with Gasteiger partial charge in [0.1, 0.15) is 0 Å². The van der Waals surface area contributed by atoms with Crippen LogP contribution in [0.5, 0.6) is 0 Å². The molecule has 5 aromatic rings. The fourth-order valence-corrected chi connectivity index (χ4v) is 10.9. The van der Waals surface area contributed by atoms with E-state index in [0.29, 0.717) is 50.1 Å². The molecule has 0 saturated heterocycles. The molecule has 3 heterocycles. The second-order valence-corrected chi connectivity index (χ2v) is 23.2. The van der Waals surface area contributed by atoms with Gasteiger partial charge in [0.15, 0.2) is 0 Å². The smallest absolute Gasteiger partial charge is 0.322 e. The number of unbranched alkanes of at least 4 members (excludes halogenated alkanes) is 18. The zero-order valence-corrected chi connectivity index (χ0v) is 50.9. The number of aryl methyl sites for hydroxylation is 2. The molecule has 0 spiro atoms. The number of aliphatic hydroxyl groups excluding tert-OH is 3. The van der Waals surface area contributed by atoms with E-state index in [2.05, 4.69) is 46.1 Å². The van der Waals surface area contributed by atoms with Gasteiger partial charge in [-0.25, -0.2) is 9.78 Å². The van der Waals surface area contributed by atoms with Crippen molar-refractivity contribution in [1.82, 2.24) is 30.0 Å². The molecular weight excluding hydrogens is 1040 g/mol. The summed E-state index contributed by atoms with van der Waals surface area (Å²) in [6.07, 6.45) is 29.3. The maximum absolute atomic E-state index is 12.5.